The zero-order chi connectivity index (χ0) is 13.1. The number of rotatable bonds is 3. The molecule has 94 valence electrons. The highest BCUT2D eigenvalue weighted by atomic mass is 35.5. The summed E-state index contributed by atoms with van der Waals surface area (Å²) in [6.45, 7) is 2.01. The van der Waals surface area contributed by atoms with E-state index in [9.17, 15) is 9.18 Å². The van der Waals surface area contributed by atoms with Gasteiger partial charge in [-0.15, -0.1) is 11.3 Å². The van der Waals surface area contributed by atoms with Gasteiger partial charge in [0.2, 0.25) is 0 Å². The molecule has 0 radical (unpaired) electrons. The molecule has 0 aliphatic carbocycles. The molecule has 18 heavy (non-hydrogen) atoms. The number of carbonyl (C=O) groups is 1. The number of hydrogen-bond acceptors (Lipinski definition) is 2. The van der Waals surface area contributed by atoms with Gasteiger partial charge in [0.1, 0.15) is 5.82 Å². The Balaban J connectivity index is 2.06. The SMILES string of the molecule is Cc1ccc(C(=O)NCc2c(F)cccc2Cl)s1. The zero-order valence-corrected chi connectivity index (χ0v) is 11.2. The van der Waals surface area contributed by atoms with Gasteiger partial charge in [0, 0.05) is 22.0 Å². The maximum Gasteiger partial charge on any atom is 0.261 e. The van der Waals surface area contributed by atoms with E-state index in [2.05, 4.69) is 5.32 Å². The minimum absolute atomic E-state index is 0.0846. The van der Waals surface area contributed by atoms with Gasteiger partial charge in [-0.05, 0) is 31.2 Å². The average Bonchev–Trinajstić information content (AvgIpc) is 2.75. The second-order valence-electron chi connectivity index (χ2n) is 3.79. The molecule has 1 heterocycles. The van der Waals surface area contributed by atoms with Crippen LogP contribution in [0.4, 0.5) is 4.39 Å². The fourth-order valence-electron chi connectivity index (χ4n) is 1.51. The smallest absolute Gasteiger partial charge is 0.261 e. The Hall–Kier alpha value is -1.39. The molecule has 2 aromatic rings. The number of amides is 1. The molecule has 1 amide bonds. The van der Waals surface area contributed by atoms with Crippen molar-refractivity contribution < 1.29 is 9.18 Å². The molecular weight excluding hydrogens is 273 g/mol. The topological polar surface area (TPSA) is 29.1 Å². The first-order valence-electron chi connectivity index (χ1n) is 5.35. The van der Waals surface area contributed by atoms with Crippen molar-refractivity contribution in [2.24, 2.45) is 0 Å². The summed E-state index contributed by atoms with van der Waals surface area (Å²) in [6.07, 6.45) is 0. The van der Waals surface area contributed by atoms with Gasteiger partial charge in [-0.2, -0.15) is 0 Å². The Labute approximate surface area is 113 Å². The number of halogens is 2. The van der Waals surface area contributed by atoms with Crippen LogP contribution in [0.15, 0.2) is 30.3 Å². The lowest BCUT2D eigenvalue weighted by molar-refractivity contribution is 0.0954. The molecule has 0 saturated heterocycles. The summed E-state index contributed by atoms with van der Waals surface area (Å²) in [6, 6.07) is 8.07. The van der Waals surface area contributed by atoms with Crippen LogP contribution in [0, 0.1) is 12.7 Å². The molecule has 0 bridgehead atoms. The van der Waals surface area contributed by atoms with Crippen LogP contribution in [0.5, 0.6) is 0 Å². The number of benzene rings is 1. The van der Waals surface area contributed by atoms with Crippen LogP contribution in [-0.2, 0) is 6.54 Å². The van der Waals surface area contributed by atoms with Crippen molar-refractivity contribution in [2.45, 2.75) is 13.5 Å². The lowest BCUT2D eigenvalue weighted by atomic mass is 10.2. The molecule has 0 saturated carbocycles. The third-order valence-corrected chi connectivity index (χ3v) is 3.81. The molecule has 0 atom stereocenters. The van der Waals surface area contributed by atoms with E-state index in [-0.39, 0.29) is 12.5 Å². The van der Waals surface area contributed by atoms with E-state index in [0.717, 1.165) is 4.88 Å². The number of thiophene rings is 1. The van der Waals surface area contributed by atoms with E-state index in [1.54, 1.807) is 12.1 Å². The Bertz CT molecular complexity index is 562. The van der Waals surface area contributed by atoms with Gasteiger partial charge in [-0.3, -0.25) is 4.79 Å². The van der Waals surface area contributed by atoms with Crippen molar-refractivity contribution in [3.8, 4) is 0 Å². The maximum atomic E-state index is 13.5. The Morgan fingerprint density at radius 1 is 1.39 bits per heavy atom. The third-order valence-electron chi connectivity index (χ3n) is 2.45. The zero-order valence-electron chi connectivity index (χ0n) is 9.67. The van der Waals surface area contributed by atoms with Crippen molar-refractivity contribution in [3.05, 3.63) is 56.5 Å². The lowest BCUT2D eigenvalue weighted by Crippen LogP contribution is -2.22. The second-order valence-corrected chi connectivity index (χ2v) is 5.49. The molecule has 0 unspecified atom stereocenters. The predicted molar refractivity (Wildman–Crippen MR) is 71.6 cm³/mol. The second kappa shape index (κ2) is 5.50. The van der Waals surface area contributed by atoms with Crippen molar-refractivity contribution in [2.75, 3.05) is 0 Å². The summed E-state index contributed by atoms with van der Waals surface area (Å²) in [4.78, 5) is 13.5. The number of aryl methyl sites for hydroxylation is 1. The summed E-state index contributed by atoms with van der Waals surface area (Å²) < 4.78 is 13.5. The molecule has 5 heteroatoms. The first-order valence-corrected chi connectivity index (χ1v) is 6.55. The van der Waals surface area contributed by atoms with Crippen molar-refractivity contribution >= 4 is 28.8 Å². The summed E-state index contributed by atoms with van der Waals surface area (Å²) in [5.41, 5.74) is 0.306. The van der Waals surface area contributed by atoms with Crippen molar-refractivity contribution in [1.82, 2.24) is 5.32 Å². The first-order chi connectivity index (χ1) is 8.58. The summed E-state index contributed by atoms with van der Waals surface area (Å²) in [5.74, 6) is -0.627. The van der Waals surface area contributed by atoms with Gasteiger partial charge < -0.3 is 5.32 Å². The van der Waals surface area contributed by atoms with Crippen LogP contribution >= 0.6 is 22.9 Å². The molecule has 1 aromatic heterocycles. The van der Waals surface area contributed by atoms with E-state index >= 15 is 0 Å². The summed E-state index contributed by atoms with van der Waals surface area (Å²) in [7, 11) is 0. The van der Waals surface area contributed by atoms with Gasteiger partial charge in [0.25, 0.3) is 5.91 Å². The minimum atomic E-state index is -0.412. The Morgan fingerprint density at radius 2 is 2.17 bits per heavy atom. The Morgan fingerprint density at radius 3 is 2.78 bits per heavy atom. The standard InChI is InChI=1S/C13H11ClFNOS/c1-8-5-6-12(18-8)13(17)16-7-9-10(14)3-2-4-11(9)15/h2-6H,7H2,1H3,(H,16,17). The van der Waals surface area contributed by atoms with E-state index in [4.69, 9.17) is 11.6 Å². The first kappa shape index (κ1) is 13.1. The molecule has 0 spiro atoms. The van der Waals surface area contributed by atoms with E-state index in [1.807, 2.05) is 13.0 Å². The predicted octanol–water partition coefficient (Wildman–Crippen LogP) is 3.78. The molecule has 0 fully saturated rings. The fourth-order valence-corrected chi connectivity index (χ4v) is 2.53. The van der Waals surface area contributed by atoms with E-state index in [0.29, 0.717) is 15.5 Å². The number of nitrogens with one attached hydrogen (secondary N) is 1. The highest BCUT2D eigenvalue weighted by molar-refractivity contribution is 7.13. The molecule has 1 N–H and O–H groups in total. The molecular formula is C13H11ClFNOS. The van der Waals surface area contributed by atoms with Gasteiger partial charge in [-0.25, -0.2) is 4.39 Å². The average molecular weight is 284 g/mol. The molecule has 1 aromatic carbocycles. The maximum absolute atomic E-state index is 13.5. The quantitative estimate of drug-likeness (QED) is 0.912. The van der Waals surface area contributed by atoms with Gasteiger partial charge in [0.05, 0.1) is 4.88 Å². The van der Waals surface area contributed by atoms with Gasteiger partial charge in [0.15, 0.2) is 0 Å². The van der Waals surface area contributed by atoms with Crippen LogP contribution < -0.4 is 5.32 Å². The van der Waals surface area contributed by atoms with E-state index < -0.39 is 5.82 Å². The molecule has 2 nitrogen and oxygen atoms in total. The molecule has 0 aliphatic rings. The van der Waals surface area contributed by atoms with Crippen molar-refractivity contribution in [1.29, 1.82) is 0 Å². The highest BCUT2D eigenvalue weighted by Crippen LogP contribution is 2.19. The van der Waals surface area contributed by atoms with Crippen LogP contribution in [0.25, 0.3) is 0 Å². The monoisotopic (exact) mass is 283 g/mol. The Kier molecular flexibility index (Phi) is 3.99. The summed E-state index contributed by atoms with van der Waals surface area (Å²) >= 11 is 7.28. The van der Waals surface area contributed by atoms with Crippen LogP contribution in [0.2, 0.25) is 5.02 Å². The van der Waals surface area contributed by atoms with Crippen LogP contribution in [-0.4, -0.2) is 5.91 Å². The largest absolute Gasteiger partial charge is 0.347 e. The van der Waals surface area contributed by atoms with Crippen molar-refractivity contribution in [3.63, 3.8) is 0 Å². The highest BCUT2D eigenvalue weighted by Gasteiger charge is 2.11. The normalized spacial score (nSPS) is 10.4. The van der Waals surface area contributed by atoms with E-state index in [1.165, 1.54) is 23.5 Å². The van der Waals surface area contributed by atoms with Crippen LogP contribution in [0.1, 0.15) is 20.1 Å². The fraction of sp³-hybridized carbons (Fsp3) is 0.154. The number of hydrogen-bond donors (Lipinski definition) is 1. The molecule has 2 rings (SSSR count). The summed E-state index contributed by atoms with van der Waals surface area (Å²) in [5, 5.41) is 2.97. The van der Waals surface area contributed by atoms with Gasteiger partial charge >= 0.3 is 0 Å². The third kappa shape index (κ3) is 2.89. The van der Waals surface area contributed by atoms with Crippen LogP contribution in [0.3, 0.4) is 0 Å². The van der Waals surface area contributed by atoms with Gasteiger partial charge in [-0.1, -0.05) is 17.7 Å². The lowest BCUT2D eigenvalue weighted by Gasteiger charge is -2.07. The minimum Gasteiger partial charge on any atom is -0.347 e. The number of carbonyl (C=O) groups excluding carboxylic acids is 1. The molecule has 0 aliphatic heterocycles.